The predicted molar refractivity (Wildman–Crippen MR) is 66.2 cm³/mol. The monoisotopic (exact) mass is 325 g/mol. The molecule has 0 saturated heterocycles. The van der Waals surface area contributed by atoms with Crippen molar-refractivity contribution in [1.29, 1.82) is 0 Å². The number of hydrogen-bond acceptors (Lipinski definition) is 3. The summed E-state index contributed by atoms with van der Waals surface area (Å²) in [7, 11) is 0. The van der Waals surface area contributed by atoms with Crippen LogP contribution in [0.4, 0.5) is 13.2 Å². The first-order valence-corrected chi connectivity index (χ1v) is 7.06. The minimum atomic E-state index is -4.75. The summed E-state index contributed by atoms with van der Waals surface area (Å²) in [6.45, 7) is 1.42. The van der Waals surface area contributed by atoms with Gasteiger partial charge in [-0.15, -0.1) is 0 Å². The van der Waals surface area contributed by atoms with Crippen molar-refractivity contribution < 1.29 is 26.7 Å². The van der Waals surface area contributed by atoms with Crippen LogP contribution in [0.2, 0.25) is 0 Å². The molecule has 20 heavy (non-hydrogen) atoms. The van der Waals surface area contributed by atoms with Gasteiger partial charge in [-0.3, -0.25) is 9.00 Å². The Balaban J connectivity index is 2.72. The van der Waals surface area contributed by atoms with Crippen LogP contribution >= 0.6 is 11.6 Å². The molecule has 0 bridgehead atoms. The third kappa shape index (κ3) is 2.49. The fourth-order valence-corrected chi connectivity index (χ4v) is 3.16. The molecule has 0 aromatic heterocycles. The third-order valence-corrected chi connectivity index (χ3v) is 4.87. The molecule has 0 spiro atoms. The average molecular weight is 326 g/mol. The Bertz CT molecular complexity index is 609. The zero-order valence-electron chi connectivity index (χ0n) is 10.2. The van der Waals surface area contributed by atoms with E-state index in [1.807, 2.05) is 0 Å². The smallest absolute Gasteiger partial charge is 0.416 e. The Hall–Kier alpha value is -0.920. The Morgan fingerprint density at radius 2 is 1.95 bits per heavy atom. The molecule has 1 aromatic carbocycles. The van der Waals surface area contributed by atoms with Crippen LogP contribution in [-0.4, -0.2) is 14.0 Å². The van der Waals surface area contributed by atoms with Crippen molar-refractivity contribution in [2.45, 2.75) is 30.7 Å². The molecular weight excluding hydrogens is 317 g/mol. The summed E-state index contributed by atoms with van der Waals surface area (Å²) in [5.41, 5.74) is -1.47. The molecule has 2 rings (SSSR count). The number of hydrogen-bond donors (Lipinski definition) is 0. The van der Waals surface area contributed by atoms with Crippen LogP contribution < -0.4 is 0 Å². The van der Waals surface area contributed by atoms with E-state index in [2.05, 4.69) is 0 Å². The maximum absolute atomic E-state index is 13.1. The number of benzene rings is 1. The first kappa shape index (κ1) is 15.5. The highest BCUT2D eigenvalue weighted by molar-refractivity contribution is 7.80. The summed E-state index contributed by atoms with van der Waals surface area (Å²) in [6.07, 6.45) is -4.47. The third-order valence-electron chi connectivity index (χ3n) is 3.40. The number of rotatable bonds is 3. The van der Waals surface area contributed by atoms with E-state index in [9.17, 15) is 26.7 Å². The Morgan fingerprint density at radius 1 is 1.40 bits per heavy atom. The molecule has 110 valence electrons. The lowest BCUT2D eigenvalue weighted by Gasteiger charge is -2.24. The van der Waals surface area contributed by atoms with Gasteiger partial charge in [-0.2, -0.15) is 13.2 Å². The quantitative estimate of drug-likeness (QED) is 0.633. The van der Waals surface area contributed by atoms with Crippen LogP contribution in [-0.2, 0) is 22.0 Å². The highest BCUT2D eigenvalue weighted by atomic mass is 35.5. The summed E-state index contributed by atoms with van der Waals surface area (Å²) < 4.78 is 60.2. The highest BCUT2D eigenvalue weighted by Gasteiger charge is 2.51. The second-order valence-corrected chi connectivity index (χ2v) is 6.31. The van der Waals surface area contributed by atoms with Crippen molar-refractivity contribution in [3.05, 3.63) is 34.4 Å². The fraction of sp³-hybridized carbons (Fsp3) is 0.417. The van der Waals surface area contributed by atoms with E-state index in [0.29, 0.717) is 6.07 Å². The lowest BCUT2D eigenvalue weighted by molar-refractivity contribution is -0.138. The molecule has 1 saturated carbocycles. The molecule has 0 radical (unpaired) electrons. The van der Waals surface area contributed by atoms with Crippen molar-refractivity contribution in [2.75, 3.05) is 0 Å². The van der Waals surface area contributed by atoms with Crippen molar-refractivity contribution in [3.8, 4) is 0 Å². The van der Waals surface area contributed by atoms with Gasteiger partial charge in [0.15, 0.2) is 0 Å². The Morgan fingerprint density at radius 3 is 2.30 bits per heavy atom. The van der Waals surface area contributed by atoms with Crippen LogP contribution in [0.15, 0.2) is 12.1 Å². The lowest BCUT2D eigenvalue weighted by atomic mass is 9.96. The topological polar surface area (TPSA) is 57.2 Å². The van der Waals surface area contributed by atoms with Gasteiger partial charge in [0.05, 0.1) is 10.3 Å². The van der Waals surface area contributed by atoms with E-state index in [1.54, 1.807) is 0 Å². The van der Waals surface area contributed by atoms with E-state index in [1.165, 1.54) is 6.92 Å². The largest absolute Gasteiger partial charge is 0.772 e. The van der Waals surface area contributed by atoms with Crippen LogP contribution in [0.5, 0.6) is 0 Å². The minimum Gasteiger partial charge on any atom is -0.772 e. The second-order valence-electron chi connectivity index (χ2n) is 4.71. The molecule has 1 aliphatic rings. The van der Waals surface area contributed by atoms with Crippen LogP contribution in [0, 0.1) is 6.92 Å². The van der Waals surface area contributed by atoms with Crippen LogP contribution in [0.25, 0.3) is 0 Å². The van der Waals surface area contributed by atoms with Gasteiger partial charge >= 0.3 is 6.18 Å². The zero-order valence-corrected chi connectivity index (χ0v) is 11.8. The van der Waals surface area contributed by atoms with Gasteiger partial charge in [0.1, 0.15) is 0 Å². The molecule has 1 aromatic rings. The summed E-state index contributed by atoms with van der Waals surface area (Å²) in [5.74, 6) is 0. The standard InChI is InChI=1S/C12H10ClF3O3S/c1-6-4-8(11(2-3-11)20(18)19)9(12(14,15)16)5-7(6)10(13)17/h4-5H,2-3H2,1H3,(H,18,19)/p-1. The van der Waals surface area contributed by atoms with Gasteiger partial charge in [0, 0.05) is 5.56 Å². The summed E-state index contributed by atoms with van der Waals surface area (Å²) in [6, 6.07) is 1.73. The van der Waals surface area contributed by atoms with Gasteiger partial charge < -0.3 is 4.55 Å². The van der Waals surface area contributed by atoms with Gasteiger partial charge in [-0.25, -0.2) is 0 Å². The predicted octanol–water partition coefficient (Wildman–Crippen LogP) is 3.26. The molecule has 3 nitrogen and oxygen atoms in total. The summed E-state index contributed by atoms with van der Waals surface area (Å²) in [5, 5.41) is -1.01. The fourth-order valence-electron chi connectivity index (χ4n) is 2.17. The van der Waals surface area contributed by atoms with Gasteiger partial charge in [0.25, 0.3) is 5.24 Å². The molecule has 1 unspecified atom stereocenters. The van der Waals surface area contributed by atoms with Crippen LogP contribution in [0.3, 0.4) is 0 Å². The average Bonchev–Trinajstić information content (AvgIpc) is 3.07. The molecular formula is C12H9ClF3O3S-. The van der Waals surface area contributed by atoms with Crippen LogP contribution in [0.1, 0.15) is 39.9 Å². The van der Waals surface area contributed by atoms with Crippen molar-refractivity contribution >= 4 is 27.9 Å². The summed E-state index contributed by atoms with van der Waals surface area (Å²) >= 11 is 2.59. The van der Waals surface area contributed by atoms with Gasteiger partial charge in [-0.05, 0) is 59.6 Å². The number of alkyl halides is 3. The number of carbonyl (C=O) groups is 1. The summed E-state index contributed by atoms with van der Waals surface area (Å²) in [4.78, 5) is 11.1. The van der Waals surface area contributed by atoms with E-state index in [0.717, 1.165) is 6.07 Å². The first-order valence-electron chi connectivity index (χ1n) is 5.61. The zero-order chi connectivity index (χ0) is 15.3. The maximum Gasteiger partial charge on any atom is 0.416 e. The highest BCUT2D eigenvalue weighted by Crippen LogP contribution is 2.54. The molecule has 1 atom stereocenters. The Labute approximate surface area is 120 Å². The number of aryl methyl sites for hydroxylation is 1. The number of carbonyl (C=O) groups excluding carboxylic acids is 1. The van der Waals surface area contributed by atoms with Crippen molar-refractivity contribution in [1.82, 2.24) is 0 Å². The number of halogens is 4. The molecule has 0 amide bonds. The van der Waals surface area contributed by atoms with Crippen molar-refractivity contribution in [3.63, 3.8) is 0 Å². The first-order chi connectivity index (χ1) is 9.09. The van der Waals surface area contributed by atoms with Gasteiger partial charge in [0.2, 0.25) is 0 Å². The molecule has 0 N–H and O–H groups in total. The van der Waals surface area contributed by atoms with E-state index < -0.39 is 32.8 Å². The SMILES string of the molecule is Cc1cc(C2(S(=O)[O-])CC2)c(C(F)(F)F)cc1C(=O)Cl. The molecule has 1 aliphatic carbocycles. The van der Waals surface area contributed by atoms with Crippen molar-refractivity contribution in [2.24, 2.45) is 0 Å². The molecule has 0 aliphatic heterocycles. The van der Waals surface area contributed by atoms with E-state index in [4.69, 9.17) is 11.6 Å². The van der Waals surface area contributed by atoms with E-state index in [-0.39, 0.29) is 29.5 Å². The molecule has 8 heteroatoms. The van der Waals surface area contributed by atoms with E-state index >= 15 is 0 Å². The second kappa shape index (κ2) is 4.82. The molecule has 0 heterocycles. The normalized spacial score (nSPS) is 18.7. The minimum absolute atomic E-state index is 0.139. The Kier molecular flexibility index (Phi) is 3.73. The lowest BCUT2D eigenvalue weighted by Crippen LogP contribution is -2.21. The maximum atomic E-state index is 13.1. The molecule has 1 fully saturated rings. The van der Waals surface area contributed by atoms with Gasteiger partial charge in [-0.1, -0.05) is 6.07 Å².